The number of methoxy groups -OCH3 is 1. The summed E-state index contributed by atoms with van der Waals surface area (Å²) >= 11 is 5.71. The van der Waals surface area contributed by atoms with E-state index in [1.807, 2.05) is 0 Å². The number of hydrogen-bond acceptors (Lipinski definition) is 6. The van der Waals surface area contributed by atoms with Crippen LogP contribution in [0.25, 0.3) is 0 Å². The number of aromatic nitrogens is 3. The summed E-state index contributed by atoms with van der Waals surface area (Å²) in [7, 11) is 1.48. The largest absolute Gasteiger partial charge is 0.467 e. The normalized spacial score (nSPS) is 10.7. The predicted molar refractivity (Wildman–Crippen MR) is 70.2 cm³/mol. The second kappa shape index (κ2) is 8.05. The van der Waals surface area contributed by atoms with Crippen LogP contribution in [0.2, 0.25) is 5.28 Å². The Kier molecular flexibility index (Phi) is 6.67. The molecule has 6 nitrogen and oxygen atoms in total. The minimum Gasteiger partial charge on any atom is -0.467 e. The van der Waals surface area contributed by atoms with Crippen LogP contribution in [-0.2, 0) is 4.74 Å². The number of nitrogens with zero attached hydrogens (tertiary/aromatic N) is 3. The van der Waals surface area contributed by atoms with E-state index >= 15 is 0 Å². The van der Waals surface area contributed by atoms with Gasteiger partial charge in [0.2, 0.25) is 11.2 Å². The summed E-state index contributed by atoms with van der Waals surface area (Å²) in [5.41, 5.74) is 0. The van der Waals surface area contributed by atoms with E-state index in [-0.39, 0.29) is 11.3 Å². The fourth-order valence-corrected chi connectivity index (χ4v) is 1.31. The number of nitrogens with one attached hydrogen (secondary N) is 1. The minimum absolute atomic E-state index is 0.102. The molecule has 0 aliphatic carbocycles. The van der Waals surface area contributed by atoms with Gasteiger partial charge in [-0.2, -0.15) is 15.0 Å². The fraction of sp³-hybridized carbons (Fsp3) is 0.727. The molecule has 102 valence electrons. The van der Waals surface area contributed by atoms with Crippen LogP contribution in [-0.4, -0.2) is 41.8 Å². The Morgan fingerprint density at radius 1 is 1.22 bits per heavy atom. The van der Waals surface area contributed by atoms with Crippen molar-refractivity contribution in [3.63, 3.8) is 0 Å². The molecule has 0 fully saturated rings. The van der Waals surface area contributed by atoms with E-state index in [0.717, 1.165) is 13.0 Å². The molecule has 18 heavy (non-hydrogen) atoms. The van der Waals surface area contributed by atoms with Gasteiger partial charge in [0.05, 0.1) is 13.7 Å². The van der Waals surface area contributed by atoms with Crippen molar-refractivity contribution in [1.82, 2.24) is 15.0 Å². The Bertz CT molecular complexity index is 363. The summed E-state index contributed by atoms with van der Waals surface area (Å²) in [5, 5.41) is 3.10. The SMILES string of the molecule is COc1nc(Cl)nc(NCCOCCC(C)C)n1. The van der Waals surface area contributed by atoms with Gasteiger partial charge in [-0.1, -0.05) is 13.8 Å². The monoisotopic (exact) mass is 274 g/mol. The lowest BCUT2D eigenvalue weighted by Gasteiger charge is -2.08. The van der Waals surface area contributed by atoms with Crippen molar-refractivity contribution < 1.29 is 9.47 Å². The Hall–Kier alpha value is -1.14. The Morgan fingerprint density at radius 2 is 2.00 bits per heavy atom. The van der Waals surface area contributed by atoms with E-state index in [0.29, 0.717) is 25.0 Å². The summed E-state index contributed by atoms with van der Waals surface area (Å²) < 4.78 is 10.3. The highest BCUT2D eigenvalue weighted by atomic mass is 35.5. The van der Waals surface area contributed by atoms with Gasteiger partial charge in [-0.05, 0) is 23.9 Å². The highest BCUT2D eigenvalue weighted by Crippen LogP contribution is 2.10. The molecular formula is C11H19ClN4O2. The molecule has 0 amide bonds. The number of ether oxygens (including phenoxy) is 2. The molecule has 0 aromatic carbocycles. The zero-order chi connectivity index (χ0) is 13.4. The van der Waals surface area contributed by atoms with E-state index in [2.05, 4.69) is 34.1 Å². The first-order valence-corrected chi connectivity index (χ1v) is 6.26. The third-order valence-corrected chi connectivity index (χ3v) is 2.31. The smallest absolute Gasteiger partial charge is 0.322 e. The van der Waals surface area contributed by atoms with Crippen LogP contribution in [0.5, 0.6) is 6.01 Å². The lowest BCUT2D eigenvalue weighted by molar-refractivity contribution is 0.132. The molecule has 1 heterocycles. The summed E-state index contributed by atoms with van der Waals surface area (Å²) in [6, 6.07) is 0.193. The molecule has 0 spiro atoms. The molecule has 0 aliphatic rings. The zero-order valence-corrected chi connectivity index (χ0v) is 11.7. The second-order valence-electron chi connectivity index (χ2n) is 4.14. The lowest BCUT2D eigenvalue weighted by atomic mass is 10.1. The van der Waals surface area contributed by atoms with Gasteiger partial charge in [0.1, 0.15) is 0 Å². The van der Waals surface area contributed by atoms with Crippen molar-refractivity contribution in [3.05, 3.63) is 5.28 Å². The molecule has 0 aliphatic heterocycles. The average Bonchev–Trinajstić information content (AvgIpc) is 2.32. The van der Waals surface area contributed by atoms with E-state index in [9.17, 15) is 0 Å². The first kappa shape index (κ1) is 14.9. The highest BCUT2D eigenvalue weighted by molar-refractivity contribution is 6.28. The van der Waals surface area contributed by atoms with E-state index in [4.69, 9.17) is 21.1 Å². The fourth-order valence-electron chi connectivity index (χ4n) is 1.16. The molecule has 0 unspecified atom stereocenters. The minimum atomic E-state index is 0.102. The van der Waals surface area contributed by atoms with Gasteiger partial charge >= 0.3 is 6.01 Å². The van der Waals surface area contributed by atoms with Crippen LogP contribution < -0.4 is 10.1 Å². The molecule has 7 heteroatoms. The number of halogens is 1. The van der Waals surface area contributed by atoms with Crippen molar-refractivity contribution in [2.45, 2.75) is 20.3 Å². The van der Waals surface area contributed by atoms with Gasteiger partial charge in [-0.15, -0.1) is 0 Å². The Labute approximate surface area is 112 Å². The van der Waals surface area contributed by atoms with Crippen molar-refractivity contribution in [2.75, 3.05) is 32.2 Å². The molecule has 1 aromatic heterocycles. The van der Waals surface area contributed by atoms with E-state index < -0.39 is 0 Å². The Balaban J connectivity index is 2.24. The first-order valence-electron chi connectivity index (χ1n) is 5.89. The Morgan fingerprint density at radius 3 is 2.67 bits per heavy atom. The molecule has 0 atom stereocenters. The van der Waals surface area contributed by atoms with Gasteiger partial charge in [0.25, 0.3) is 0 Å². The van der Waals surface area contributed by atoms with Gasteiger partial charge in [0, 0.05) is 13.2 Å². The third kappa shape index (κ3) is 5.97. The number of anilines is 1. The average molecular weight is 275 g/mol. The molecule has 0 saturated heterocycles. The topological polar surface area (TPSA) is 69.2 Å². The van der Waals surface area contributed by atoms with Crippen LogP contribution in [0, 0.1) is 5.92 Å². The summed E-state index contributed by atoms with van der Waals surface area (Å²) in [4.78, 5) is 11.7. The summed E-state index contributed by atoms with van der Waals surface area (Å²) in [6.45, 7) is 6.31. The quantitative estimate of drug-likeness (QED) is 0.732. The maximum absolute atomic E-state index is 5.71. The van der Waals surface area contributed by atoms with Crippen molar-refractivity contribution in [1.29, 1.82) is 0 Å². The van der Waals surface area contributed by atoms with Crippen LogP contribution in [0.15, 0.2) is 0 Å². The van der Waals surface area contributed by atoms with Crippen molar-refractivity contribution in [3.8, 4) is 6.01 Å². The van der Waals surface area contributed by atoms with Gasteiger partial charge in [0.15, 0.2) is 0 Å². The number of rotatable bonds is 8. The molecule has 1 rings (SSSR count). The number of hydrogen-bond donors (Lipinski definition) is 1. The second-order valence-corrected chi connectivity index (χ2v) is 4.47. The van der Waals surface area contributed by atoms with Crippen LogP contribution in [0.3, 0.4) is 0 Å². The van der Waals surface area contributed by atoms with Crippen LogP contribution >= 0.6 is 11.6 Å². The predicted octanol–water partition coefficient (Wildman–Crippen LogP) is 2.01. The van der Waals surface area contributed by atoms with Crippen molar-refractivity contribution in [2.24, 2.45) is 5.92 Å². The zero-order valence-electron chi connectivity index (χ0n) is 10.9. The maximum Gasteiger partial charge on any atom is 0.322 e. The van der Waals surface area contributed by atoms with Gasteiger partial charge in [-0.25, -0.2) is 0 Å². The third-order valence-electron chi connectivity index (χ3n) is 2.14. The highest BCUT2D eigenvalue weighted by Gasteiger charge is 2.04. The molecule has 1 aromatic rings. The van der Waals surface area contributed by atoms with Crippen molar-refractivity contribution >= 4 is 17.5 Å². The standard InChI is InChI=1S/C11H19ClN4O2/c1-8(2)4-6-18-7-5-13-10-14-9(12)15-11(16-10)17-3/h8H,4-7H2,1-3H3,(H,13,14,15,16). The van der Waals surface area contributed by atoms with E-state index in [1.54, 1.807) is 0 Å². The van der Waals surface area contributed by atoms with Crippen LogP contribution in [0.1, 0.15) is 20.3 Å². The first-order chi connectivity index (χ1) is 8.61. The lowest BCUT2D eigenvalue weighted by Crippen LogP contribution is -2.13. The summed E-state index contributed by atoms with van der Waals surface area (Å²) in [6.07, 6.45) is 1.06. The molecule has 0 radical (unpaired) electrons. The molecule has 0 saturated carbocycles. The van der Waals surface area contributed by atoms with Crippen LogP contribution in [0.4, 0.5) is 5.95 Å². The maximum atomic E-state index is 5.71. The van der Waals surface area contributed by atoms with Gasteiger partial charge in [-0.3, -0.25) is 0 Å². The molecule has 1 N–H and O–H groups in total. The summed E-state index contributed by atoms with van der Waals surface area (Å²) in [5.74, 6) is 1.05. The molecular weight excluding hydrogens is 256 g/mol. The van der Waals surface area contributed by atoms with E-state index in [1.165, 1.54) is 7.11 Å². The molecule has 0 bridgehead atoms. The van der Waals surface area contributed by atoms with Gasteiger partial charge < -0.3 is 14.8 Å².